The van der Waals surface area contributed by atoms with Gasteiger partial charge in [-0.15, -0.1) is 0 Å². The Bertz CT molecular complexity index is 275. The molecule has 4 nitrogen and oxygen atoms in total. The fourth-order valence-corrected chi connectivity index (χ4v) is 3.41. The molecule has 2 atom stereocenters. The molecule has 98 valence electrons. The van der Waals surface area contributed by atoms with Gasteiger partial charge in [0.05, 0.1) is 7.11 Å². The molecule has 0 aromatic rings. The van der Waals surface area contributed by atoms with Crippen LogP contribution in [0.2, 0.25) is 0 Å². The summed E-state index contributed by atoms with van der Waals surface area (Å²) >= 11 is 3.40. The van der Waals surface area contributed by atoms with E-state index in [1.807, 2.05) is 0 Å². The van der Waals surface area contributed by atoms with Crippen LogP contribution in [0.1, 0.15) is 19.3 Å². The Balaban J connectivity index is 1.81. The first-order valence-electron chi connectivity index (χ1n) is 6.39. The summed E-state index contributed by atoms with van der Waals surface area (Å²) in [5, 5.41) is 0. The summed E-state index contributed by atoms with van der Waals surface area (Å²) in [5.74, 6) is -0.170. The van der Waals surface area contributed by atoms with E-state index in [1.54, 1.807) is 0 Å². The number of nitrogens with zero attached hydrogens (tertiary/aromatic N) is 2. The van der Waals surface area contributed by atoms with Crippen molar-refractivity contribution in [3.05, 3.63) is 0 Å². The molecular formula is C12H21BrN2O2. The van der Waals surface area contributed by atoms with Gasteiger partial charge in [-0.25, -0.2) is 0 Å². The van der Waals surface area contributed by atoms with Crippen LogP contribution in [0.3, 0.4) is 0 Å². The van der Waals surface area contributed by atoms with Crippen LogP contribution >= 0.6 is 15.9 Å². The van der Waals surface area contributed by atoms with Crippen molar-refractivity contribution in [3.63, 3.8) is 0 Å². The van der Waals surface area contributed by atoms with Crippen LogP contribution in [-0.4, -0.2) is 66.5 Å². The number of rotatable bonds is 3. The number of piperidine rings is 1. The number of esters is 1. The molecule has 0 saturated carbocycles. The van der Waals surface area contributed by atoms with Crippen LogP contribution in [0.15, 0.2) is 0 Å². The summed E-state index contributed by atoms with van der Waals surface area (Å²) in [6.07, 6.45) is 4.01. The van der Waals surface area contributed by atoms with Gasteiger partial charge in [0, 0.05) is 32.2 Å². The normalized spacial score (nSPS) is 28.5. The van der Waals surface area contributed by atoms with Crippen molar-refractivity contribution in [2.45, 2.75) is 30.1 Å². The molecule has 0 radical (unpaired) electrons. The molecule has 0 bridgehead atoms. The van der Waals surface area contributed by atoms with Gasteiger partial charge in [0.15, 0.2) is 0 Å². The van der Waals surface area contributed by atoms with Gasteiger partial charge >= 0.3 is 5.97 Å². The maximum absolute atomic E-state index is 11.4. The zero-order valence-corrected chi connectivity index (χ0v) is 12.0. The predicted molar refractivity (Wildman–Crippen MR) is 70.4 cm³/mol. The molecule has 0 aromatic heterocycles. The highest BCUT2D eigenvalue weighted by atomic mass is 79.9. The highest BCUT2D eigenvalue weighted by Gasteiger charge is 2.30. The standard InChI is InChI=1S/C12H21BrN2O2/c1-17-12(16)11(13)9-14-6-7-15-5-3-2-4-10(15)8-14/h10-11H,2-9H2,1H3. The third kappa shape index (κ3) is 3.42. The molecule has 0 N–H and O–H groups in total. The molecule has 2 aliphatic heterocycles. The van der Waals surface area contributed by atoms with E-state index in [0.717, 1.165) is 26.2 Å². The fourth-order valence-electron chi connectivity index (χ4n) is 2.82. The molecule has 2 unspecified atom stereocenters. The third-order valence-corrected chi connectivity index (χ3v) is 4.46. The molecule has 2 heterocycles. The molecule has 0 aliphatic carbocycles. The van der Waals surface area contributed by atoms with Crippen LogP contribution in [0, 0.1) is 0 Å². The van der Waals surface area contributed by atoms with Crippen molar-refractivity contribution in [2.75, 3.05) is 39.8 Å². The van der Waals surface area contributed by atoms with Gasteiger partial charge in [0.25, 0.3) is 0 Å². The molecule has 5 heteroatoms. The third-order valence-electron chi connectivity index (χ3n) is 3.80. The molecule has 0 amide bonds. The summed E-state index contributed by atoms with van der Waals surface area (Å²) in [4.78, 5) is 16.1. The number of hydrogen-bond acceptors (Lipinski definition) is 4. The van der Waals surface area contributed by atoms with Crippen molar-refractivity contribution in [2.24, 2.45) is 0 Å². The molecule has 2 saturated heterocycles. The van der Waals surface area contributed by atoms with Gasteiger partial charge in [0.2, 0.25) is 0 Å². The topological polar surface area (TPSA) is 32.8 Å². The van der Waals surface area contributed by atoms with E-state index in [1.165, 1.54) is 32.9 Å². The number of piperazine rings is 1. The predicted octanol–water partition coefficient (Wildman–Crippen LogP) is 1.09. The molecule has 2 rings (SSSR count). The van der Waals surface area contributed by atoms with Crippen molar-refractivity contribution in [1.29, 1.82) is 0 Å². The molecule has 2 fully saturated rings. The molecule has 0 spiro atoms. The van der Waals surface area contributed by atoms with E-state index in [2.05, 4.69) is 25.7 Å². The lowest BCUT2D eigenvalue weighted by atomic mass is 9.99. The minimum atomic E-state index is -0.192. The number of carbonyl (C=O) groups excluding carboxylic acids is 1. The van der Waals surface area contributed by atoms with E-state index in [-0.39, 0.29) is 10.8 Å². The number of fused-ring (bicyclic) bond motifs is 1. The zero-order chi connectivity index (χ0) is 12.3. The average Bonchev–Trinajstić information content (AvgIpc) is 2.37. The molecule has 0 aromatic carbocycles. The Kier molecular flexibility index (Phi) is 4.82. The highest BCUT2D eigenvalue weighted by Crippen LogP contribution is 2.21. The Morgan fingerprint density at radius 2 is 2.24 bits per heavy atom. The SMILES string of the molecule is COC(=O)C(Br)CN1CCN2CCCCC2C1. The second-order valence-corrected chi connectivity index (χ2v) is 6.04. The monoisotopic (exact) mass is 304 g/mol. The van der Waals surface area contributed by atoms with Crippen molar-refractivity contribution in [1.82, 2.24) is 9.80 Å². The lowest BCUT2D eigenvalue weighted by Crippen LogP contribution is -2.56. The summed E-state index contributed by atoms with van der Waals surface area (Å²) in [5.41, 5.74) is 0. The molecular weight excluding hydrogens is 284 g/mol. The number of hydrogen-bond donors (Lipinski definition) is 0. The van der Waals surface area contributed by atoms with Gasteiger partial charge in [-0.1, -0.05) is 22.4 Å². The van der Waals surface area contributed by atoms with E-state index in [4.69, 9.17) is 4.74 Å². The zero-order valence-electron chi connectivity index (χ0n) is 10.4. The van der Waals surface area contributed by atoms with Gasteiger partial charge in [-0.3, -0.25) is 14.6 Å². The second kappa shape index (κ2) is 6.16. The smallest absolute Gasteiger partial charge is 0.320 e. The van der Waals surface area contributed by atoms with Gasteiger partial charge in [-0.05, 0) is 19.4 Å². The van der Waals surface area contributed by atoms with E-state index in [0.29, 0.717) is 6.04 Å². The molecule has 2 aliphatic rings. The van der Waals surface area contributed by atoms with Gasteiger partial charge < -0.3 is 4.74 Å². The van der Waals surface area contributed by atoms with Crippen molar-refractivity contribution < 1.29 is 9.53 Å². The largest absolute Gasteiger partial charge is 0.468 e. The van der Waals surface area contributed by atoms with Crippen LogP contribution in [-0.2, 0) is 9.53 Å². The minimum Gasteiger partial charge on any atom is -0.468 e. The van der Waals surface area contributed by atoms with E-state index >= 15 is 0 Å². The van der Waals surface area contributed by atoms with Crippen LogP contribution < -0.4 is 0 Å². The van der Waals surface area contributed by atoms with Crippen LogP contribution in [0.25, 0.3) is 0 Å². The lowest BCUT2D eigenvalue weighted by molar-refractivity contribution is -0.140. The highest BCUT2D eigenvalue weighted by molar-refractivity contribution is 9.10. The summed E-state index contributed by atoms with van der Waals surface area (Å²) in [7, 11) is 1.44. The van der Waals surface area contributed by atoms with Crippen LogP contribution in [0.5, 0.6) is 0 Å². The maximum Gasteiger partial charge on any atom is 0.320 e. The number of ether oxygens (including phenoxy) is 1. The number of alkyl halides is 1. The first-order chi connectivity index (χ1) is 8.20. The average molecular weight is 305 g/mol. The first kappa shape index (κ1) is 13.3. The Morgan fingerprint density at radius 1 is 1.41 bits per heavy atom. The Morgan fingerprint density at radius 3 is 3.00 bits per heavy atom. The fraction of sp³-hybridized carbons (Fsp3) is 0.917. The Hall–Kier alpha value is -0.130. The van der Waals surface area contributed by atoms with Gasteiger partial charge in [0.1, 0.15) is 4.83 Å². The minimum absolute atomic E-state index is 0.170. The summed E-state index contributed by atoms with van der Waals surface area (Å²) in [6, 6.07) is 0.704. The van der Waals surface area contributed by atoms with Crippen LogP contribution in [0.4, 0.5) is 0 Å². The van der Waals surface area contributed by atoms with Crippen molar-refractivity contribution >= 4 is 21.9 Å². The Labute approximate surface area is 111 Å². The summed E-state index contributed by atoms with van der Waals surface area (Å²) < 4.78 is 4.74. The number of carbonyl (C=O) groups is 1. The lowest BCUT2D eigenvalue weighted by Gasteiger charge is -2.44. The maximum atomic E-state index is 11.4. The quantitative estimate of drug-likeness (QED) is 0.577. The van der Waals surface area contributed by atoms with Crippen molar-refractivity contribution in [3.8, 4) is 0 Å². The summed E-state index contributed by atoms with van der Waals surface area (Å²) in [6.45, 7) is 5.32. The molecule has 17 heavy (non-hydrogen) atoms. The second-order valence-electron chi connectivity index (χ2n) is 4.94. The first-order valence-corrected chi connectivity index (χ1v) is 7.30. The van der Waals surface area contributed by atoms with Gasteiger partial charge in [-0.2, -0.15) is 0 Å². The number of methoxy groups -OCH3 is 1. The van der Waals surface area contributed by atoms with E-state index in [9.17, 15) is 4.79 Å². The van der Waals surface area contributed by atoms with E-state index < -0.39 is 0 Å². The number of halogens is 1.